The second kappa shape index (κ2) is 9.02. The number of hydrogen-bond acceptors (Lipinski definition) is 7. The predicted octanol–water partition coefficient (Wildman–Crippen LogP) is 4.75. The Hall–Kier alpha value is -2.97. The number of nitrogens with zero attached hydrogens (tertiary/aromatic N) is 1. The number of halogens is 1. The maximum absolute atomic E-state index is 12.7. The van der Waals surface area contributed by atoms with Crippen LogP contribution in [0.4, 0.5) is 5.69 Å². The molecule has 152 valence electrons. The van der Waals surface area contributed by atoms with Crippen molar-refractivity contribution in [3.63, 3.8) is 0 Å². The molecule has 2 aromatic carbocycles. The van der Waals surface area contributed by atoms with Crippen LogP contribution in [-0.4, -0.2) is 39.3 Å². The highest BCUT2D eigenvalue weighted by atomic mass is 35.5. The quantitative estimate of drug-likeness (QED) is 0.578. The van der Waals surface area contributed by atoms with E-state index in [1.807, 2.05) is 12.1 Å². The lowest BCUT2D eigenvalue weighted by molar-refractivity contribution is 0.102. The maximum Gasteiger partial charge on any atom is 0.275 e. The third kappa shape index (κ3) is 4.23. The van der Waals surface area contributed by atoms with Crippen molar-refractivity contribution in [3.8, 4) is 33.6 Å². The van der Waals surface area contributed by atoms with Crippen LogP contribution in [0.2, 0.25) is 5.02 Å². The summed E-state index contributed by atoms with van der Waals surface area (Å²) < 4.78 is 21.3. The Labute approximate surface area is 177 Å². The lowest BCUT2D eigenvalue weighted by Gasteiger charge is -2.12. The molecular weight excluding hydrogens is 416 g/mol. The molecule has 0 radical (unpaired) electrons. The van der Waals surface area contributed by atoms with Crippen molar-refractivity contribution in [2.75, 3.05) is 33.8 Å². The van der Waals surface area contributed by atoms with E-state index in [0.29, 0.717) is 38.7 Å². The van der Waals surface area contributed by atoms with Gasteiger partial charge in [-0.05, 0) is 12.1 Å². The molecule has 0 fully saturated rings. The number of aromatic nitrogens is 1. The topological polar surface area (TPSA) is 78.9 Å². The van der Waals surface area contributed by atoms with Gasteiger partial charge in [0.25, 0.3) is 5.91 Å². The Morgan fingerprint density at radius 3 is 2.38 bits per heavy atom. The summed E-state index contributed by atoms with van der Waals surface area (Å²) in [6, 6.07) is 8.66. The summed E-state index contributed by atoms with van der Waals surface area (Å²) in [7, 11) is 6.11. The molecular formula is C20H19ClN2O5S. The van der Waals surface area contributed by atoms with Gasteiger partial charge in [-0.1, -0.05) is 17.7 Å². The van der Waals surface area contributed by atoms with Crippen LogP contribution in [0.1, 0.15) is 10.5 Å². The molecule has 1 N–H and O–H groups in total. The number of methoxy groups -OCH3 is 4. The molecule has 1 amide bonds. The molecule has 3 rings (SSSR count). The van der Waals surface area contributed by atoms with Gasteiger partial charge in [0.15, 0.2) is 11.5 Å². The average Bonchev–Trinajstić information content (AvgIpc) is 3.24. The molecule has 9 heteroatoms. The molecule has 0 saturated heterocycles. The van der Waals surface area contributed by atoms with Crippen molar-refractivity contribution in [2.24, 2.45) is 0 Å². The van der Waals surface area contributed by atoms with Crippen LogP contribution < -0.4 is 24.3 Å². The van der Waals surface area contributed by atoms with Gasteiger partial charge in [0, 0.05) is 17.5 Å². The fraction of sp³-hybridized carbons (Fsp3) is 0.200. The van der Waals surface area contributed by atoms with Crippen molar-refractivity contribution in [2.45, 2.75) is 0 Å². The van der Waals surface area contributed by atoms with Crippen molar-refractivity contribution >= 4 is 34.5 Å². The molecule has 0 bridgehead atoms. The zero-order valence-corrected chi connectivity index (χ0v) is 17.8. The number of nitrogens with one attached hydrogen (secondary N) is 1. The average molecular weight is 435 g/mol. The molecule has 1 heterocycles. The summed E-state index contributed by atoms with van der Waals surface area (Å²) in [4.78, 5) is 17.2. The number of ether oxygens (including phenoxy) is 4. The minimum atomic E-state index is -0.392. The zero-order chi connectivity index (χ0) is 21.0. The van der Waals surface area contributed by atoms with Crippen LogP contribution in [0.25, 0.3) is 10.6 Å². The Kier molecular flexibility index (Phi) is 6.46. The number of para-hydroxylation sites is 1. The van der Waals surface area contributed by atoms with Crippen LogP contribution in [0, 0.1) is 0 Å². The lowest BCUT2D eigenvalue weighted by Crippen LogP contribution is -2.13. The van der Waals surface area contributed by atoms with E-state index in [9.17, 15) is 4.79 Å². The zero-order valence-electron chi connectivity index (χ0n) is 16.2. The minimum absolute atomic E-state index is 0.255. The highest BCUT2D eigenvalue weighted by molar-refractivity contribution is 7.13. The second-order valence-corrected chi connectivity index (χ2v) is 6.99. The van der Waals surface area contributed by atoms with Gasteiger partial charge >= 0.3 is 0 Å². The van der Waals surface area contributed by atoms with E-state index in [-0.39, 0.29) is 5.69 Å². The first-order valence-electron chi connectivity index (χ1n) is 8.42. The standard InChI is InChI=1S/C20H19ClN2O5S/c1-25-15-7-5-6-11(18(15)28-4)20-23-14(10-29-20)19(24)22-13-9-16(26-2)12(21)8-17(13)27-3/h5-10H,1-4H3,(H,22,24). The molecule has 0 unspecified atom stereocenters. The van der Waals surface area contributed by atoms with Crippen molar-refractivity contribution in [1.29, 1.82) is 0 Å². The first-order chi connectivity index (χ1) is 14.0. The number of carbonyl (C=O) groups excluding carboxylic acids is 1. The molecule has 1 aromatic heterocycles. The van der Waals surface area contributed by atoms with Gasteiger partial charge in [0.2, 0.25) is 0 Å². The molecule has 0 aliphatic rings. The summed E-state index contributed by atoms with van der Waals surface area (Å²) in [5, 5.41) is 5.46. The Balaban J connectivity index is 1.90. The second-order valence-electron chi connectivity index (χ2n) is 5.72. The fourth-order valence-corrected chi connectivity index (χ4v) is 3.75. The summed E-state index contributed by atoms with van der Waals surface area (Å²) in [6.07, 6.45) is 0. The molecule has 29 heavy (non-hydrogen) atoms. The smallest absolute Gasteiger partial charge is 0.275 e. The van der Waals surface area contributed by atoms with Gasteiger partial charge in [-0.2, -0.15) is 0 Å². The van der Waals surface area contributed by atoms with Crippen LogP contribution in [0.3, 0.4) is 0 Å². The number of amides is 1. The van der Waals surface area contributed by atoms with E-state index in [4.69, 9.17) is 30.5 Å². The van der Waals surface area contributed by atoms with Crippen LogP contribution >= 0.6 is 22.9 Å². The van der Waals surface area contributed by atoms with E-state index in [0.717, 1.165) is 5.56 Å². The number of carbonyl (C=O) groups is 1. The van der Waals surface area contributed by atoms with Crippen molar-refractivity contribution in [3.05, 3.63) is 46.4 Å². The van der Waals surface area contributed by atoms with Crippen LogP contribution in [0.5, 0.6) is 23.0 Å². The largest absolute Gasteiger partial charge is 0.495 e. The molecule has 0 spiro atoms. The van der Waals surface area contributed by atoms with Gasteiger partial charge in [0.1, 0.15) is 22.2 Å². The molecule has 0 saturated carbocycles. The predicted molar refractivity (Wildman–Crippen MR) is 113 cm³/mol. The summed E-state index contributed by atoms with van der Waals surface area (Å²) >= 11 is 7.43. The highest BCUT2D eigenvalue weighted by Crippen LogP contribution is 2.39. The van der Waals surface area contributed by atoms with E-state index in [1.165, 1.54) is 25.6 Å². The lowest BCUT2D eigenvalue weighted by atomic mass is 10.2. The van der Waals surface area contributed by atoms with E-state index < -0.39 is 5.91 Å². The van der Waals surface area contributed by atoms with Gasteiger partial charge in [-0.15, -0.1) is 11.3 Å². The van der Waals surface area contributed by atoms with Gasteiger partial charge in [0.05, 0.1) is 44.7 Å². The van der Waals surface area contributed by atoms with E-state index in [1.54, 1.807) is 37.8 Å². The minimum Gasteiger partial charge on any atom is -0.495 e. The monoisotopic (exact) mass is 434 g/mol. The summed E-state index contributed by atoms with van der Waals surface area (Å²) in [6.45, 7) is 0. The maximum atomic E-state index is 12.7. The Morgan fingerprint density at radius 1 is 1.00 bits per heavy atom. The van der Waals surface area contributed by atoms with Crippen molar-refractivity contribution in [1.82, 2.24) is 4.98 Å². The molecule has 0 atom stereocenters. The number of rotatable bonds is 7. The number of anilines is 1. The third-order valence-corrected chi connectivity index (χ3v) is 5.26. The van der Waals surface area contributed by atoms with E-state index >= 15 is 0 Å². The summed E-state index contributed by atoms with van der Waals surface area (Å²) in [5.74, 6) is 1.58. The first-order valence-corrected chi connectivity index (χ1v) is 9.67. The number of thiazole rings is 1. The Morgan fingerprint density at radius 2 is 1.72 bits per heavy atom. The normalized spacial score (nSPS) is 10.4. The SMILES string of the molecule is COc1cc(NC(=O)c2csc(-c3cccc(OC)c3OC)n2)c(OC)cc1Cl. The molecule has 3 aromatic rings. The Bertz CT molecular complexity index is 1040. The van der Waals surface area contributed by atoms with Crippen molar-refractivity contribution < 1.29 is 23.7 Å². The molecule has 0 aliphatic heterocycles. The van der Waals surface area contributed by atoms with Gasteiger partial charge in [-0.3, -0.25) is 4.79 Å². The first kappa shape index (κ1) is 20.8. The molecule has 0 aliphatic carbocycles. The number of hydrogen-bond donors (Lipinski definition) is 1. The van der Waals surface area contributed by atoms with Gasteiger partial charge in [-0.25, -0.2) is 4.98 Å². The molecule has 7 nitrogen and oxygen atoms in total. The highest BCUT2D eigenvalue weighted by Gasteiger charge is 2.19. The van der Waals surface area contributed by atoms with Gasteiger partial charge < -0.3 is 24.3 Å². The van der Waals surface area contributed by atoms with Crippen LogP contribution in [0.15, 0.2) is 35.7 Å². The fourth-order valence-electron chi connectivity index (χ4n) is 2.70. The van der Waals surface area contributed by atoms with Crippen LogP contribution in [-0.2, 0) is 0 Å². The van der Waals surface area contributed by atoms with E-state index in [2.05, 4.69) is 10.3 Å². The summed E-state index contributed by atoms with van der Waals surface area (Å²) in [5.41, 5.74) is 1.42. The third-order valence-electron chi connectivity index (χ3n) is 4.09. The number of benzene rings is 2.